The van der Waals surface area contributed by atoms with Gasteiger partial charge in [0, 0.05) is 18.7 Å². The summed E-state index contributed by atoms with van der Waals surface area (Å²) in [5.41, 5.74) is 3.53. The summed E-state index contributed by atoms with van der Waals surface area (Å²) in [5, 5.41) is 0. The lowest BCUT2D eigenvalue weighted by Gasteiger charge is -2.36. The van der Waals surface area contributed by atoms with Crippen LogP contribution in [0.25, 0.3) is 0 Å². The third kappa shape index (κ3) is 1.44. The van der Waals surface area contributed by atoms with E-state index in [1.54, 1.807) is 4.90 Å². The number of hydrogen-bond acceptors (Lipinski definition) is 1. The van der Waals surface area contributed by atoms with E-state index in [0.717, 1.165) is 5.69 Å². The molecule has 0 radical (unpaired) electrons. The molecule has 2 atom stereocenters. The molecule has 3 rings (SSSR count). The highest BCUT2D eigenvalue weighted by atomic mass is 16.2. The van der Waals surface area contributed by atoms with E-state index in [1.165, 1.54) is 11.1 Å². The van der Waals surface area contributed by atoms with Gasteiger partial charge in [0.05, 0.1) is 5.92 Å². The Labute approximate surface area is 101 Å². The number of benzene rings is 1. The Morgan fingerprint density at radius 1 is 1.18 bits per heavy atom. The molecule has 1 aliphatic heterocycles. The van der Waals surface area contributed by atoms with Crippen molar-refractivity contribution in [3.05, 3.63) is 53.6 Å². The molecule has 1 aromatic carbocycles. The van der Waals surface area contributed by atoms with Gasteiger partial charge in [0.25, 0.3) is 0 Å². The Kier molecular flexibility index (Phi) is 2.18. The first-order chi connectivity index (χ1) is 8.18. The highest BCUT2D eigenvalue weighted by Gasteiger charge is 2.36. The van der Waals surface area contributed by atoms with E-state index in [9.17, 15) is 4.79 Å². The van der Waals surface area contributed by atoms with Gasteiger partial charge in [0.2, 0.25) is 5.91 Å². The summed E-state index contributed by atoms with van der Waals surface area (Å²) >= 11 is 0. The predicted octanol–water partition coefficient (Wildman–Crippen LogP) is 2.88. The molecule has 2 nitrogen and oxygen atoms in total. The first-order valence-electron chi connectivity index (χ1n) is 5.91. The second kappa shape index (κ2) is 3.59. The van der Waals surface area contributed by atoms with E-state index < -0.39 is 0 Å². The molecule has 0 saturated heterocycles. The van der Waals surface area contributed by atoms with Crippen LogP contribution in [0.4, 0.5) is 5.69 Å². The third-order valence-corrected chi connectivity index (χ3v) is 3.67. The van der Waals surface area contributed by atoms with Gasteiger partial charge in [0.15, 0.2) is 0 Å². The molecule has 17 heavy (non-hydrogen) atoms. The molecule has 0 fully saturated rings. The lowest BCUT2D eigenvalue weighted by atomic mass is 9.77. The molecule has 1 aromatic rings. The van der Waals surface area contributed by atoms with Crippen LogP contribution in [0.15, 0.2) is 48.1 Å². The molecule has 0 N–H and O–H groups in total. The highest BCUT2D eigenvalue weighted by Crippen LogP contribution is 2.42. The minimum Gasteiger partial charge on any atom is -0.315 e. The van der Waals surface area contributed by atoms with Gasteiger partial charge in [0.1, 0.15) is 0 Å². The Balaban J connectivity index is 2.19. The monoisotopic (exact) mass is 225 g/mol. The maximum absolute atomic E-state index is 12.3. The molecule has 0 bridgehead atoms. The molecule has 2 aliphatic rings. The average molecular weight is 225 g/mol. The summed E-state index contributed by atoms with van der Waals surface area (Å²) in [7, 11) is 1.86. The van der Waals surface area contributed by atoms with E-state index in [2.05, 4.69) is 19.1 Å². The van der Waals surface area contributed by atoms with Gasteiger partial charge in [-0.2, -0.15) is 0 Å². The molecule has 0 saturated carbocycles. The van der Waals surface area contributed by atoms with Crippen LogP contribution in [0.1, 0.15) is 18.4 Å². The van der Waals surface area contributed by atoms with Gasteiger partial charge in [-0.25, -0.2) is 0 Å². The van der Waals surface area contributed by atoms with Crippen molar-refractivity contribution in [2.45, 2.75) is 12.8 Å². The molecule has 1 aliphatic carbocycles. The molecule has 86 valence electrons. The van der Waals surface area contributed by atoms with Crippen molar-refractivity contribution in [2.24, 2.45) is 5.92 Å². The van der Waals surface area contributed by atoms with Gasteiger partial charge in [-0.1, -0.05) is 42.0 Å². The molecule has 0 unspecified atom stereocenters. The van der Waals surface area contributed by atoms with Gasteiger partial charge in [-0.15, -0.1) is 0 Å². The van der Waals surface area contributed by atoms with Gasteiger partial charge < -0.3 is 4.90 Å². The number of allylic oxidation sites excluding steroid dienone is 3. The summed E-state index contributed by atoms with van der Waals surface area (Å²) in [5.74, 6) is 0.368. The maximum atomic E-state index is 12.3. The number of carbonyl (C=O) groups excluding carboxylic acids is 1. The number of nitrogens with zero attached hydrogens (tertiary/aromatic N) is 1. The number of rotatable bonds is 0. The van der Waals surface area contributed by atoms with Crippen molar-refractivity contribution in [2.75, 3.05) is 11.9 Å². The quantitative estimate of drug-likeness (QED) is 0.665. The van der Waals surface area contributed by atoms with Crippen LogP contribution < -0.4 is 4.90 Å². The average Bonchev–Trinajstić information content (AvgIpc) is 2.36. The number of para-hydroxylation sites is 1. The van der Waals surface area contributed by atoms with Crippen LogP contribution in [0.3, 0.4) is 0 Å². The smallest absolute Gasteiger partial charge is 0.234 e. The van der Waals surface area contributed by atoms with Crippen LogP contribution in [0, 0.1) is 5.92 Å². The predicted molar refractivity (Wildman–Crippen MR) is 69.0 cm³/mol. The first kappa shape index (κ1) is 10.3. The molecule has 1 heterocycles. The Morgan fingerprint density at radius 3 is 2.76 bits per heavy atom. The zero-order valence-corrected chi connectivity index (χ0v) is 10.1. The fraction of sp³-hybridized carbons (Fsp3) is 0.267. The summed E-state index contributed by atoms with van der Waals surface area (Å²) in [6.07, 6.45) is 6.28. The molecular formula is C15H15NO. The van der Waals surface area contributed by atoms with Crippen LogP contribution in [-0.4, -0.2) is 13.0 Å². The normalized spacial score (nSPS) is 26.4. The van der Waals surface area contributed by atoms with E-state index >= 15 is 0 Å². The summed E-state index contributed by atoms with van der Waals surface area (Å²) < 4.78 is 0. The summed E-state index contributed by atoms with van der Waals surface area (Å²) in [6.45, 7) is 2.08. The summed E-state index contributed by atoms with van der Waals surface area (Å²) in [4.78, 5) is 14.0. The van der Waals surface area contributed by atoms with Crippen molar-refractivity contribution < 1.29 is 4.79 Å². The largest absolute Gasteiger partial charge is 0.315 e. The molecule has 0 aromatic heterocycles. The van der Waals surface area contributed by atoms with Crippen molar-refractivity contribution >= 4 is 11.6 Å². The van der Waals surface area contributed by atoms with Gasteiger partial charge in [-0.05, 0) is 18.6 Å². The fourth-order valence-corrected chi connectivity index (χ4v) is 2.75. The Bertz CT molecular complexity index is 542. The van der Waals surface area contributed by atoms with E-state index in [1.807, 2.05) is 37.4 Å². The Hall–Kier alpha value is -1.83. The van der Waals surface area contributed by atoms with Gasteiger partial charge in [-0.3, -0.25) is 4.79 Å². The SMILES string of the molecule is CC1=C[C@@H]2c3ccccc3N(C)C(=O)[C@@H]2C=C1. The standard InChI is InChI=1S/C15H15NO/c1-10-7-8-12-13(9-10)11-5-3-4-6-14(11)16(2)15(12)17/h3-9,12-13H,1-2H3/t12-,13-/m1/s1. The van der Waals surface area contributed by atoms with E-state index in [-0.39, 0.29) is 17.7 Å². The second-order valence-corrected chi connectivity index (χ2v) is 4.78. The Morgan fingerprint density at radius 2 is 1.94 bits per heavy atom. The van der Waals surface area contributed by atoms with E-state index in [0.29, 0.717) is 0 Å². The zero-order chi connectivity index (χ0) is 12.0. The fourth-order valence-electron chi connectivity index (χ4n) is 2.75. The lowest BCUT2D eigenvalue weighted by Crippen LogP contribution is -2.40. The van der Waals surface area contributed by atoms with Gasteiger partial charge >= 0.3 is 0 Å². The minimum atomic E-state index is -0.0291. The molecule has 2 heteroatoms. The van der Waals surface area contributed by atoms with Crippen LogP contribution in [-0.2, 0) is 4.79 Å². The van der Waals surface area contributed by atoms with Crippen molar-refractivity contribution in [1.29, 1.82) is 0 Å². The number of carbonyl (C=O) groups is 1. The lowest BCUT2D eigenvalue weighted by molar-refractivity contribution is -0.121. The highest BCUT2D eigenvalue weighted by molar-refractivity contribution is 6.00. The maximum Gasteiger partial charge on any atom is 0.234 e. The first-order valence-corrected chi connectivity index (χ1v) is 5.91. The van der Waals surface area contributed by atoms with Crippen molar-refractivity contribution in [3.8, 4) is 0 Å². The second-order valence-electron chi connectivity index (χ2n) is 4.78. The van der Waals surface area contributed by atoms with Crippen LogP contribution >= 0.6 is 0 Å². The van der Waals surface area contributed by atoms with Crippen LogP contribution in [0.5, 0.6) is 0 Å². The molecular weight excluding hydrogens is 210 g/mol. The number of anilines is 1. The van der Waals surface area contributed by atoms with Crippen molar-refractivity contribution in [1.82, 2.24) is 0 Å². The minimum absolute atomic E-state index is 0.0291. The topological polar surface area (TPSA) is 20.3 Å². The van der Waals surface area contributed by atoms with Crippen molar-refractivity contribution in [3.63, 3.8) is 0 Å². The number of amides is 1. The summed E-state index contributed by atoms with van der Waals surface area (Å²) in [6, 6.07) is 8.17. The van der Waals surface area contributed by atoms with Crippen LogP contribution in [0.2, 0.25) is 0 Å². The number of hydrogen-bond donors (Lipinski definition) is 0. The van der Waals surface area contributed by atoms with E-state index in [4.69, 9.17) is 0 Å². The number of fused-ring (bicyclic) bond motifs is 3. The zero-order valence-electron chi connectivity index (χ0n) is 10.1. The molecule has 0 spiro atoms. The molecule has 1 amide bonds. The third-order valence-electron chi connectivity index (χ3n) is 3.67.